The molecule has 2 rings (SSSR count). The molecule has 5 nitrogen and oxygen atoms in total. The van der Waals surface area contributed by atoms with Crippen molar-refractivity contribution in [2.45, 2.75) is 6.42 Å². The maximum absolute atomic E-state index is 11.8. The maximum Gasteiger partial charge on any atom is 0.272 e. The molecule has 0 aliphatic heterocycles. The van der Waals surface area contributed by atoms with E-state index in [1.54, 1.807) is 24.4 Å². The molecule has 0 bridgehead atoms. The fraction of sp³-hybridized carbons (Fsp3) is 0.0769. The number of H-pyrrole nitrogens is 1. The Morgan fingerprint density at radius 2 is 2.11 bits per heavy atom. The van der Waals surface area contributed by atoms with Crippen molar-refractivity contribution in [2.24, 2.45) is 0 Å². The Kier molecular flexibility index (Phi) is 3.30. The summed E-state index contributed by atoms with van der Waals surface area (Å²) in [7, 11) is 0. The van der Waals surface area contributed by atoms with Gasteiger partial charge >= 0.3 is 0 Å². The number of benzene rings is 1. The molecule has 0 aliphatic rings. The molecule has 4 N–H and O–H groups in total. The normalized spacial score (nSPS) is 9.72. The molecule has 1 heterocycles. The highest BCUT2D eigenvalue weighted by Gasteiger charge is 2.07. The van der Waals surface area contributed by atoms with Crippen molar-refractivity contribution in [1.82, 2.24) is 4.98 Å². The summed E-state index contributed by atoms with van der Waals surface area (Å²) in [5, 5.41) is 11.3. The van der Waals surface area contributed by atoms with Crippen LogP contribution in [0.1, 0.15) is 16.1 Å². The second-order valence-electron chi connectivity index (χ2n) is 3.83. The van der Waals surface area contributed by atoms with Crippen LogP contribution in [0.25, 0.3) is 0 Å². The summed E-state index contributed by atoms with van der Waals surface area (Å²) in [6.07, 6.45) is 1.92. The first-order valence-electron chi connectivity index (χ1n) is 5.40. The third-order valence-corrected chi connectivity index (χ3v) is 2.44. The molecule has 1 aromatic heterocycles. The highest BCUT2D eigenvalue weighted by atomic mass is 16.1. The zero-order valence-electron chi connectivity index (χ0n) is 9.60. The van der Waals surface area contributed by atoms with Gasteiger partial charge in [0.2, 0.25) is 0 Å². The molecule has 0 unspecified atom stereocenters. The molecule has 1 amide bonds. The van der Waals surface area contributed by atoms with Crippen LogP contribution in [0.4, 0.5) is 11.4 Å². The Morgan fingerprint density at radius 1 is 1.39 bits per heavy atom. The minimum Gasteiger partial charge on any atom is -0.397 e. The average molecular weight is 240 g/mol. The molecular formula is C13H12N4O. The number of anilines is 2. The lowest BCUT2D eigenvalue weighted by atomic mass is 10.1. The van der Waals surface area contributed by atoms with Crippen LogP contribution in [-0.4, -0.2) is 10.9 Å². The van der Waals surface area contributed by atoms with Crippen LogP contribution in [0, 0.1) is 11.3 Å². The number of carbonyl (C=O) groups excluding carboxylic acids is 1. The minimum absolute atomic E-state index is 0.250. The van der Waals surface area contributed by atoms with Crippen molar-refractivity contribution in [3.8, 4) is 6.07 Å². The predicted octanol–water partition coefficient (Wildman–Crippen LogP) is 1.92. The maximum atomic E-state index is 11.8. The van der Waals surface area contributed by atoms with E-state index in [0.717, 1.165) is 5.56 Å². The van der Waals surface area contributed by atoms with Crippen molar-refractivity contribution >= 4 is 17.3 Å². The smallest absolute Gasteiger partial charge is 0.272 e. The summed E-state index contributed by atoms with van der Waals surface area (Å²) in [4.78, 5) is 14.6. The van der Waals surface area contributed by atoms with Crippen LogP contribution in [0.2, 0.25) is 0 Å². The first-order chi connectivity index (χ1) is 8.69. The number of nitriles is 1. The largest absolute Gasteiger partial charge is 0.397 e. The van der Waals surface area contributed by atoms with E-state index in [4.69, 9.17) is 11.0 Å². The minimum atomic E-state index is -0.250. The predicted molar refractivity (Wildman–Crippen MR) is 68.9 cm³/mol. The van der Waals surface area contributed by atoms with E-state index in [0.29, 0.717) is 23.5 Å². The number of carbonyl (C=O) groups is 1. The summed E-state index contributed by atoms with van der Waals surface area (Å²) in [5.41, 5.74) is 8.04. The van der Waals surface area contributed by atoms with Crippen LogP contribution in [0.15, 0.2) is 36.5 Å². The summed E-state index contributed by atoms with van der Waals surface area (Å²) >= 11 is 0. The summed E-state index contributed by atoms with van der Waals surface area (Å²) in [6, 6.07) is 10.8. The fourth-order valence-electron chi connectivity index (χ4n) is 1.54. The fourth-order valence-corrected chi connectivity index (χ4v) is 1.54. The van der Waals surface area contributed by atoms with Gasteiger partial charge in [0, 0.05) is 17.6 Å². The molecule has 0 radical (unpaired) electrons. The molecule has 0 fully saturated rings. The second-order valence-corrected chi connectivity index (χ2v) is 3.83. The molecule has 90 valence electrons. The monoisotopic (exact) mass is 240 g/mol. The van der Waals surface area contributed by atoms with E-state index in [1.807, 2.05) is 12.1 Å². The topological polar surface area (TPSA) is 94.7 Å². The van der Waals surface area contributed by atoms with Crippen LogP contribution in [0.5, 0.6) is 0 Å². The van der Waals surface area contributed by atoms with Gasteiger partial charge in [-0.05, 0) is 23.8 Å². The SMILES string of the molecule is N#CCc1ccc(NC(=O)c2cc(N)c[nH]2)cc1. The molecule has 0 saturated carbocycles. The van der Waals surface area contributed by atoms with Crippen LogP contribution >= 0.6 is 0 Å². The van der Waals surface area contributed by atoms with Gasteiger partial charge < -0.3 is 16.0 Å². The Bertz CT molecular complexity index is 592. The quantitative estimate of drug-likeness (QED) is 0.764. The number of nitrogen functional groups attached to an aromatic ring is 1. The summed E-state index contributed by atoms with van der Waals surface area (Å²) < 4.78 is 0. The van der Waals surface area contributed by atoms with Crippen LogP contribution < -0.4 is 11.1 Å². The number of hydrogen-bond acceptors (Lipinski definition) is 3. The molecule has 0 spiro atoms. The molecule has 0 aliphatic carbocycles. The molecule has 5 heteroatoms. The molecule has 18 heavy (non-hydrogen) atoms. The van der Waals surface area contributed by atoms with Gasteiger partial charge in [-0.3, -0.25) is 4.79 Å². The Balaban J connectivity index is 2.05. The Labute approximate surface area is 104 Å². The molecule has 2 aromatic rings. The van der Waals surface area contributed by atoms with Gasteiger partial charge in [-0.15, -0.1) is 0 Å². The zero-order chi connectivity index (χ0) is 13.0. The molecular weight excluding hydrogens is 228 g/mol. The number of aromatic amines is 1. The van der Waals surface area contributed by atoms with E-state index in [2.05, 4.69) is 16.4 Å². The van der Waals surface area contributed by atoms with Crippen molar-refractivity contribution in [3.63, 3.8) is 0 Å². The summed E-state index contributed by atoms with van der Waals surface area (Å²) in [5.74, 6) is -0.250. The van der Waals surface area contributed by atoms with Gasteiger partial charge in [-0.1, -0.05) is 12.1 Å². The average Bonchev–Trinajstić information content (AvgIpc) is 2.79. The first-order valence-corrected chi connectivity index (χ1v) is 5.40. The van der Waals surface area contributed by atoms with Gasteiger partial charge in [0.25, 0.3) is 5.91 Å². The van der Waals surface area contributed by atoms with Gasteiger partial charge in [-0.25, -0.2) is 0 Å². The van der Waals surface area contributed by atoms with Crippen molar-refractivity contribution < 1.29 is 4.79 Å². The van der Waals surface area contributed by atoms with Gasteiger partial charge in [0.1, 0.15) is 5.69 Å². The number of nitrogens with one attached hydrogen (secondary N) is 2. The van der Waals surface area contributed by atoms with Crippen molar-refractivity contribution in [3.05, 3.63) is 47.8 Å². The van der Waals surface area contributed by atoms with E-state index in [9.17, 15) is 4.79 Å². The number of amides is 1. The number of nitrogens with zero attached hydrogens (tertiary/aromatic N) is 1. The molecule has 1 aromatic carbocycles. The molecule has 0 atom stereocenters. The molecule has 0 saturated heterocycles. The van der Waals surface area contributed by atoms with Crippen LogP contribution in [-0.2, 0) is 6.42 Å². The number of aromatic nitrogens is 1. The van der Waals surface area contributed by atoms with E-state index >= 15 is 0 Å². The Morgan fingerprint density at radius 3 is 2.67 bits per heavy atom. The van der Waals surface area contributed by atoms with Gasteiger partial charge in [-0.2, -0.15) is 5.26 Å². The van der Waals surface area contributed by atoms with Gasteiger partial charge in [0.15, 0.2) is 0 Å². The van der Waals surface area contributed by atoms with Crippen molar-refractivity contribution in [2.75, 3.05) is 11.1 Å². The highest BCUT2D eigenvalue weighted by Crippen LogP contribution is 2.12. The van der Waals surface area contributed by atoms with Crippen molar-refractivity contribution in [1.29, 1.82) is 5.26 Å². The first kappa shape index (κ1) is 11.7. The summed E-state index contributed by atoms with van der Waals surface area (Å²) in [6.45, 7) is 0. The van der Waals surface area contributed by atoms with E-state index in [-0.39, 0.29) is 5.91 Å². The number of rotatable bonds is 3. The highest BCUT2D eigenvalue weighted by molar-refractivity contribution is 6.03. The lowest BCUT2D eigenvalue weighted by Gasteiger charge is -2.04. The van der Waals surface area contributed by atoms with E-state index < -0.39 is 0 Å². The Hall–Kier alpha value is -2.74. The third kappa shape index (κ3) is 2.68. The lowest BCUT2D eigenvalue weighted by Crippen LogP contribution is -2.12. The van der Waals surface area contributed by atoms with E-state index in [1.165, 1.54) is 0 Å². The second kappa shape index (κ2) is 5.06. The third-order valence-electron chi connectivity index (χ3n) is 2.44. The van der Waals surface area contributed by atoms with Crippen LogP contribution in [0.3, 0.4) is 0 Å². The standard InChI is InChI=1S/C13H12N4O/c14-6-5-9-1-3-11(4-2-9)17-13(18)12-7-10(15)8-16-12/h1-4,7-8,16H,5,15H2,(H,17,18). The van der Waals surface area contributed by atoms with Gasteiger partial charge in [0.05, 0.1) is 12.5 Å². The lowest BCUT2D eigenvalue weighted by molar-refractivity contribution is 0.102. The number of hydrogen-bond donors (Lipinski definition) is 3. The number of nitrogens with two attached hydrogens (primary N) is 1. The zero-order valence-corrected chi connectivity index (χ0v) is 9.60.